The van der Waals surface area contributed by atoms with Gasteiger partial charge in [0.25, 0.3) is 0 Å². The van der Waals surface area contributed by atoms with Gasteiger partial charge in [0.2, 0.25) is 11.4 Å². The second kappa shape index (κ2) is 9.17. The second-order valence-electron chi connectivity index (χ2n) is 7.52. The minimum Gasteiger partial charge on any atom is -0.495 e. The molecule has 1 saturated carbocycles. The van der Waals surface area contributed by atoms with Crippen molar-refractivity contribution in [2.75, 3.05) is 20.3 Å². The number of rotatable bonds is 8. The number of aromatic nitrogens is 4. The van der Waals surface area contributed by atoms with E-state index in [1.807, 2.05) is 12.1 Å². The molecule has 9 heteroatoms. The highest BCUT2D eigenvalue weighted by atomic mass is 16.5. The molecular formula is C23H24N4O5. The molecule has 2 unspecified atom stereocenters. The first-order valence-corrected chi connectivity index (χ1v) is 10.4. The number of esters is 1. The number of nitrogens with zero attached hydrogens (tertiary/aromatic N) is 3. The zero-order chi connectivity index (χ0) is 22.7. The molecule has 9 nitrogen and oxygen atoms in total. The molecule has 0 saturated heterocycles. The fourth-order valence-corrected chi connectivity index (χ4v) is 3.53. The van der Waals surface area contributed by atoms with Crippen molar-refractivity contribution in [1.82, 2.24) is 19.9 Å². The lowest BCUT2D eigenvalue weighted by Crippen LogP contribution is -2.13. The van der Waals surface area contributed by atoms with Crippen LogP contribution in [0.15, 0.2) is 41.6 Å². The first-order valence-electron chi connectivity index (χ1n) is 10.4. The third-order valence-corrected chi connectivity index (χ3v) is 5.32. The van der Waals surface area contributed by atoms with Crippen LogP contribution >= 0.6 is 0 Å². The molecular weight excluding hydrogens is 412 g/mol. The Kier molecular flexibility index (Phi) is 6.16. The van der Waals surface area contributed by atoms with E-state index < -0.39 is 5.97 Å². The summed E-state index contributed by atoms with van der Waals surface area (Å²) in [7, 11) is 1.61. The summed E-state index contributed by atoms with van der Waals surface area (Å²) in [4.78, 5) is 40.0. The zero-order valence-corrected chi connectivity index (χ0v) is 18.1. The lowest BCUT2D eigenvalue weighted by Gasteiger charge is -2.13. The topological polar surface area (TPSA) is 116 Å². The number of nitrogens with one attached hydrogen (secondary N) is 1. The SMILES string of the molecule is CCOC(=O)c1c[nH]c(=O)cc1-c1cnc(C)nc1OCC1CC1c1ccc(OC)cn1. The van der Waals surface area contributed by atoms with Crippen molar-refractivity contribution in [2.45, 2.75) is 26.2 Å². The number of aryl methyl sites for hydroxylation is 1. The number of ether oxygens (including phenoxy) is 3. The molecule has 1 aliphatic rings. The summed E-state index contributed by atoms with van der Waals surface area (Å²) in [5.41, 5.74) is 1.69. The molecule has 0 spiro atoms. The Morgan fingerprint density at radius 2 is 2.06 bits per heavy atom. The van der Waals surface area contributed by atoms with E-state index >= 15 is 0 Å². The van der Waals surface area contributed by atoms with E-state index in [1.165, 1.54) is 12.3 Å². The number of hydrogen-bond acceptors (Lipinski definition) is 8. The van der Waals surface area contributed by atoms with Crippen molar-refractivity contribution in [3.63, 3.8) is 0 Å². The van der Waals surface area contributed by atoms with Gasteiger partial charge in [0.1, 0.15) is 11.6 Å². The van der Waals surface area contributed by atoms with Crippen LogP contribution in [0.5, 0.6) is 11.6 Å². The average Bonchev–Trinajstić information content (AvgIpc) is 3.57. The van der Waals surface area contributed by atoms with Gasteiger partial charge < -0.3 is 19.2 Å². The molecule has 0 amide bonds. The predicted molar refractivity (Wildman–Crippen MR) is 116 cm³/mol. The summed E-state index contributed by atoms with van der Waals surface area (Å²) in [5.74, 6) is 1.62. The lowest BCUT2D eigenvalue weighted by molar-refractivity contribution is 0.0526. The van der Waals surface area contributed by atoms with Crippen LogP contribution in [0.3, 0.4) is 0 Å². The van der Waals surface area contributed by atoms with Crippen molar-refractivity contribution < 1.29 is 19.0 Å². The minimum absolute atomic E-state index is 0.216. The maximum Gasteiger partial charge on any atom is 0.340 e. The smallest absolute Gasteiger partial charge is 0.340 e. The van der Waals surface area contributed by atoms with Crippen LogP contribution in [0.25, 0.3) is 11.1 Å². The number of methoxy groups -OCH3 is 1. The number of aromatic amines is 1. The van der Waals surface area contributed by atoms with E-state index in [0.717, 1.165) is 17.9 Å². The molecule has 1 aliphatic carbocycles. The summed E-state index contributed by atoms with van der Waals surface area (Å²) in [6.45, 7) is 4.12. The Morgan fingerprint density at radius 1 is 1.22 bits per heavy atom. The number of pyridine rings is 2. The Hall–Kier alpha value is -3.75. The van der Waals surface area contributed by atoms with E-state index in [1.54, 1.807) is 33.4 Å². The number of H-pyrrole nitrogens is 1. The standard InChI is InChI=1S/C23H24N4O5/c1-4-31-23(29)19-11-26-21(28)8-17(19)18-10-24-13(2)27-22(18)32-12-14-7-16(14)20-6-5-15(30-3)9-25-20/h5-6,8-11,14,16H,4,7,12H2,1-3H3,(H,26,28). The molecule has 1 N–H and O–H groups in total. The van der Waals surface area contributed by atoms with E-state index in [4.69, 9.17) is 14.2 Å². The fraction of sp³-hybridized carbons (Fsp3) is 0.348. The average molecular weight is 436 g/mol. The predicted octanol–water partition coefficient (Wildman–Crippen LogP) is 2.90. The molecule has 3 aromatic heterocycles. The molecule has 2 atom stereocenters. The maximum absolute atomic E-state index is 12.4. The lowest BCUT2D eigenvalue weighted by atomic mass is 10.0. The third-order valence-electron chi connectivity index (χ3n) is 5.32. The molecule has 0 aromatic carbocycles. The maximum atomic E-state index is 12.4. The van der Waals surface area contributed by atoms with Gasteiger partial charge in [-0.3, -0.25) is 9.78 Å². The largest absolute Gasteiger partial charge is 0.495 e. The first kappa shape index (κ1) is 21.5. The van der Waals surface area contributed by atoms with Gasteiger partial charge in [0.05, 0.1) is 37.6 Å². The van der Waals surface area contributed by atoms with Gasteiger partial charge in [-0.1, -0.05) is 0 Å². The monoisotopic (exact) mass is 436 g/mol. The van der Waals surface area contributed by atoms with Gasteiger partial charge in [-0.05, 0) is 32.4 Å². The van der Waals surface area contributed by atoms with Gasteiger partial charge in [0.15, 0.2) is 0 Å². The van der Waals surface area contributed by atoms with Crippen molar-refractivity contribution in [3.8, 4) is 22.8 Å². The van der Waals surface area contributed by atoms with E-state index in [-0.39, 0.29) is 17.7 Å². The first-order chi connectivity index (χ1) is 15.5. The van der Waals surface area contributed by atoms with Gasteiger partial charge in [0, 0.05) is 41.6 Å². The van der Waals surface area contributed by atoms with Gasteiger partial charge in [-0.25, -0.2) is 9.78 Å². The third kappa shape index (κ3) is 4.61. The quantitative estimate of drug-likeness (QED) is 0.536. The highest BCUT2D eigenvalue weighted by molar-refractivity contribution is 5.97. The number of hydrogen-bond donors (Lipinski definition) is 1. The molecule has 166 valence electrons. The van der Waals surface area contributed by atoms with E-state index in [2.05, 4.69) is 19.9 Å². The normalized spacial score (nSPS) is 17.0. The Bertz CT molecular complexity index is 1180. The van der Waals surface area contributed by atoms with Crippen molar-refractivity contribution in [2.24, 2.45) is 5.92 Å². The van der Waals surface area contributed by atoms with E-state index in [9.17, 15) is 9.59 Å². The number of carbonyl (C=O) groups excluding carboxylic acids is 1. The number of carbonyl (C=O) groups is 1. The summed E-state index contributed by atoms with van der Waals surface area (Å²) in [6.07, 6.45) is 5.56. The van der Waals surface area contributed by atoms with Crippen molar-refractivity contribution in [1.29, 1.82) is 0 Å². The Balaban J connectivity index is 1.56. The van der Waals surface area contributed by atoms with Crippen LogP contribution in [0.1, 0.15) is 41.1 Å². The summed E-state index contributed by atoms with van der Waals surface area (Å²) >= 11 is 0. The molecule has 32 heavy (non-hydrogen) atoms. The summed E-state index contributed by atoms with van der Waals surface area (Å²) < 4.78 is 16.3. The van der Waals surface area contributed by atoms with Crippen molar-refractivity contribution >= 4 is 5.97 Å². The Morgan fingerprint density at radius 3 is 2.78 bits per heavy atom. The fourth-order valence-electron chi connectivity index (χ4n) is 3.53. The molecule has 4 rings (SSSR count). The van der Waals surface area contributed by atoms with Crippen LogP contribution in [0, 0.1) is 12.8 Å². The van der Waals surface area contributed by atoms with E-state index in [0.29, 0.717) is 41.3 Å². The molecule has 0 aliphatic heterocycles. The van der Waals surface area contributed by atoms with Gasteiger partial charge >= 0.3 is 5.97 Å². The van der Waals surface area contributed by atoms with Gasteiger partial charge in [-0.15, -0.1) is 0 Å². The Labute approximate surface area is 184 Å². The van der Waals surface area contributed by atoms with Crippen LogP contribution in [0.4, 0.5) is 0 Å². The molecule has 0 radical (unpaired) electrons. The summed E-state index contributed by atoms with van der Waals surface area (Å²) in [6, 6.07) is 5.19. The summed E-state index contributed by atoms with van der Waals surface area (Å²) in [5, 5.41) is 0. The highest BCUT2D eigenvalue weighted by Gasteiger charge is 2.40. The van der Waals surface area contributed by atoms with Crippen molar-refractivity contribution in [3.05, 3.63) is 64.2 Å². The minimum atomic E-state index is -0.543. The van der Waals surface area contributed by atoms with Crippen LogP contribution < -0.4 is 15.0 Å². The molecule has 0 bridgehead atoms. The molecule has 3 aromatic rings. The molecule has 1 fully saturated rings. The van der Waals surface area contributed by atoms with Crippen LogP contribution in [-0.2, 0) is 4.74 Å². The highest BCUT2D eigenvalue weighted by Crippen LogP contribution is 2.47. The molecule has 3 heterocycles. The van der Waals surface area contributed by atoms with Crippen LogP contribution in [0.2, 0.25) is 0 Å². The zero-order valence-electron chi connectivity index (χ0n) is 18.1. The second-order valence-corrected chi connectivity index (χ2v) is 7.52. The van der Waals surface area contributed by atoms with Crippen LogP contribution in [-0.4, -0.2) is 46.2 Å². The van der Waals surface area contributed by atoms with Gasteiger partial charge in [-0.2, -0.15) is 4.98 Å².